The van der Waals surface area contributed by atoms with Crippen molar-refractivity contribution in [2.45, 2.75) is 98.4 Å². The van der Waals surface area contributed by atoms with Gasteiger partial charge in [-0.1, -0.05) is 39.3 Å². The highest BCUT2D eigenvalue weighted by Gasteiger charge is 2.37. The number of hydrogen-bond donors (Lipinski definition) is 0. The Kier molecular flexibility index (Phi) is 10.6. The van der Waals surface area contributed by atoms with Crippen LogP contribution in [0.5, 0.6) is 0 Å². The van der Waals surface area contributed by atoms with Gasteiger partial charge in [0.15, 0.2) is 20.2 Å². The van der Waals surface area contributed by atoms with Crippen molar-refractivity contribution in [2.75, 3.05) is 6.61 Å². The van der Waals surface area contributed by atoms with Gasteiger partial charge in [-0.2, -0.15) is 0 Å². The smallest absolute Gasteiger partial charge is 0.303 e. The van der Waals surface area contributed by atoms with E-state index in [2.05, 4.69) is 47.7 Å². The molecule has 0 aromatic heterocycles. The maximum atomic E-state index is 11.5. The van der Waals surface area contributed by atoms with Crippen molar-refractivity contribution >= 4 is 20.1 Å². The maximum absolute atomic E-state index is 11.5. The first-order valence-electron chi connectivity index (χ1n) is 9.73. The molecule has 0 amide bonds. The van der Waals surface area contributed by atoms with Gasteiger partial charge >= 0.3 is 5.97 Å². The second-order valence-electron chi connectivity index (χ2n) is 9.06. The number of rotatable bonds is 11. The van der Waals surface area contributed by atoms with Gasteiger partial charge in [0.25, 0.3) is 0 Å². The number of carbonyl (C=O) groups excluding carboxylic acids is 2. The molecule has 152 valence electrons. The topological polar surface area (TPSA) is 52.6 Å². The summed E-state index contributed by atoms with van der Waals surface area (Å²) in [4.78, 5) is 22.5. The van der Waals surface area contributed by atoms with Gasteiger partial charge in [-0.25, -0.2) is 0 Å². The Morgan fingerprint density at radius 3 is 2.15 bits per heavy atom. The lowest BCUT2D eigenvalue weighted by Crippen LogP contribution is -2.41. The van der Waals surface area contributed by atoms with E-state index in [0.717, 1.165) is 25.9 Å². The highest BCUT2D eigenvalue weighted by atomic mass is 28.4. The zero-order chi connectivity index (χ0) is 20.5. The SMILES string of the molecule is CC(=O)OC(CC=C(C)CCCC(C)CO[Si](C)(C)C(C)(C)C)C(C)=O. The van der Waals surface area contributed by atoms with E-state index >= 15 is 0 Å². The fourth-order valence-corrected chi connectivity index (χ4v) is 3.42. The third-order valence-electron chi connectivity index (χ3n) is 5.24. The van der Waals surface area contributed by atoms with Crippen LogP contribution in [0.4, 0.5) is 0 Å². The largest absolute Gasteiger partial charge is 0.454 e. The molecule has 5 heteroatoms. The zero-order valence-electron chi connectivity index (χ0n) is 18.4. The van der Waals surface area contributed by atoms with Crippen molar-refractivity contribution in [3.05, 3.63) is 11.6 Å². The lowest BCUT2D eigenvalue weighted by molar-refractivity contribution is -0.152. The van der Waals surface area contributed by atoms with Crippen LogP contribution < -0.4 is 0 Å². The molecule has 0 aliphatic heterocycles. The fraction of sp³-hybridized carbons (Fsp3) is 0.810. The lowest BCUT2D eigenvalue weighted by Gasteiger charge is -2.37. The summed E-state index contributed by atoms with van der Waals surface area (Å²) in [5.41, 5.74) is 1.24. The van der Waals surface area contributed by atoms with Crippen LogP contribution in [0.25, 0.3) is 0 Å². The van der Waals surface area contributed by atoms with Crippen molar-refractivity contribution in [2.24, 2.45) is 5.92 Å². The van der Waals surface area contributed by atoms with E-state index < -0.39 is 20.4 Å². The van der Waals surface area contributed by atoms with E-state index in [1.807, 2.05) is 6.08 Å². The van der Waals surface area contributed by atoms with Crippen molar-refractivity contribution in [1.29, 1.82) is 0 Å². The second-order valence-corrected chi connectivity index (χ2v) is 13.9. The Balaban J connectivity index is 4.25. The summed E-state index contributed by atoms with van der Waals surface area (Å²) in [7, 11) is -1.66. The summed E-state index contributed by atoms with van der Waals surface area (Å²) in [6.07, 6.45) is 5.05. The summed E-state index contributed by atoms with van der Waals surface area (Å²) in [6.45, 7) is 19.3. The quantitative estimate of drug-likeness (QED) is 0.261. The molecule has 4 nitrogen and oxygen atoms in total. The Morgan fingerprint density at radius 1 is 1.12 bits per heavy atom. The van der Waals surface area contributed by atoms with E-state index in [1.165, 1.54) is 19.4 Å². The lowest BCUT2D eigenvalue weighted by atomic mass is 10.0. The van der Waals surface area contributed by atoms with Gasteiger partial charge < -0.3 is 9.16 Å². The summed E-state index contributed by atoms with van der Waals surface area (Å²) in [5.74, 6) is 0.0235. The molecule has 2 atom stereocenters. The van der Waals surface area contributed by atoms with Crippen LogP contribution in [0, 0.1) is 5.92 Å². The molecule has 0 aromatic carbocycles. The summed E-state index contributed by atoms with van der Waals surface area (Å²) in [5, 5.41) is 0.251. The molecular formula is C21H40O4Si. The molecule has 0 aromatic rings. The van der Waals surface area contributed by atoms with Crippen LogP contribution in [0.3, 0.4) is 0 Å². The van der Waals surface area contributed by atoms with E-state index in [4.69, 9.17) is 9.16 Å². The molecule has 0 aliphatic rings. The molecule has 0 fully saturated rings. The van der Waals surface area contributed by atoms with Gasteiger partial charge in [-0.15, -0.1) is 0 Å². The van der Waals surface area contributed by atoms with Crippen molar-refractivity contribution in [1.82, 2.24) is 0 Å². The van der Waals surface area contributed by atoms with Crippen LogP contribution in [0.1, 0.15) is 74.1 Å². The predicted molar refractivity (Wildman–Crippen MR) is 111 cm³/mol. The molecule has 0 spiro atoms. The van der Waals surface area contributed by atoms with Gasteiger partial charge in [0.05, 0.1) is 0 Å². The van der Waals surface area contributed by atoms with Crippen LogP contribution in [-0.4, -0.2) is 32.8 Å². The standard InChI is InChI=1S/C21H40O4Si/c1-16(13-14-20(18(3)22)25-19(4)23)11-10-12-17(2)15-24-26(8,9)21(5,6)7/h13,17,20H,10-12,14-15H2,1-9H3. The zero-order valence-corrected chi connectivity index (χ0v) is 19.4. The second kappa shape index (κ2) is 11.0. The first-order chi connectivity index (χ1) is 11.8. The molecular weight excluding hydrogens is 344 g/mol. The predicted octanol–water partition coefficient (Wildman–Crippen LogP) is 5.67. The molecule has 0 saturated heterocycles. The molecule has 0 N–H and O–H groups in total. The molecule has 0 heterocycles. The minimum Gasteiger partial charge on any atom is -0.454 e. The Labute approximate surface area is 161 Å². The minimum atomic E-state index is -1.66. The molecule has 0 rings (SSSR count). The molecule has 0 bridgehead atoms. The average molecular weight is 385 g/mol. The Bertz CT molecular complexity index is 489. The molecule has 2 unspecified atom stereocenters. The monoisotopic (exact) mass is 384 g/mol. The first kappa shape index (κ1) is 25.1. The number of ether oxygens (including phenoxy) is 1. The Hall–Kier alpha value is -0.943. The van der Waals surface area contributed by atoms with Crippen molar-refractivity contribution in [3.8, 4) is 0 Å². The fourth-order valence-electron chi connectivity index (χ4n) is 2.29. The van der Waals surface area contributed by atoms with E-state index in [9.17, 15) is 9.59 Å². The normalized spacial score (nSPS) is 15.5. The number of carbonyl (C=O) groups is 2. The van der Waals surface area contributed by atoms with Crippen molar-refractivity contribution in [3.63, 3.8) is 0 Å². The average Bonchev–Trinajstić information content (AvgIpc) is 2.47. The van der Waals surface area contributed by atoms with Gasteiger partial charge in [-0.3, -0.25) is 9.59 Å². The van der Waals surface area contributed by atoms with Crippen LogP contribution in [-0.2, 0) is 18.8 Å². The molecule has 0 saturated carbocycles. The van der Waals surface area contributed by atoms with E-state index in [0.29, 0.717) is 12.3 Å². The molecule has 0 aliphatic carbocycles. The number of Topliss-reactive ketones (excluding diaryl/α,β-unsaturated/α-hetero) is 1. The summed E-state index contributed by atoms with van der Waals surface area (Å²) >= 11 is 0. The number of ketones is 1. The number of hydrogen-bond acceptors (Lipinski definition) is 4. The highest BCUT2D eigenvalue weighted by Crippen LogP contribution is 2.36. The maximum Gasteiger partial charge on any atom is 0.303 e. The Morgan fingerprint density at radius 2 is 1.69 bits per heavy atom. The minimum absolute atomic E-state index is 0.111. The number of allylic oxidation sites excluding steroid dienone is 1. The van der Waals surface area contributed by atoms with Gasteiger partial charge in [0, 0.05) is 20.0 Å². The highest BCUT2D eigenvalue weighted by molar-refractivity contribution is 6.74. The van der Waals surface area contributed by atoms with Gasteiger partial charge in [0.2, 0.25) is 0 Å². The summed E-state index contributed by atoms with van der Waals surface area (Å²) in [6, 6.07) is 0. The van der Waals surface area contributed by atoms with Crippen LogP contribution >= 0.6 is 0 Å². The number of esters is 1. The molecule has 26 heavy (non-hydrogen) atoms. The van der Waals surface area contributed by atoms with E-state index in [-0.39, 0.29) is 10.8 Å². The van der Waals surface area contributed by atoms with Crippen LogP contribution in [0.2, 0.25) is 18.1 Å². The van der Waals surface area contributed by atoms with Gasteiger partial charge in [0.1, 0.15) is 0 Å². The third-order valence-corrected chi connectivity index (χ3v) is 9.75. The van der Waals surface area contributed by atoms with Crippen molar-refractivity contribution < 1.29 is 18.8 Å². The van der Waals surface area contributed by atoms with Crippen LogP contribution in [0.15, 0.2) is 11.6 Å². The van der Waals surface area contributed by atoms with Gasteiger partial charge in [-0.05, 0) is 57.2 Å². The molecule has 0 radical (unpaired) electrons. The summed E-state index contributed by atoms with van der Waals surface area (Å²) < 4.78 is 11.3. The third kappa shape index (κ3) is 10.3. The van der Waals surface area contributed by atoms with E-state index in [1.54, 1.807) is 0 Å². The first-order valence-corrected chi connectivity index (χ1v) is 12.6.